The highest BCUT2D eigenvalue weighted by Crippen LogP contribution is 2.45. The Morgan fingerprint density at radius 3 is 2.27 bits per heavy atom. The number of benzene rings is 3. The maximum atomic E-state index is 14.3. The van der Waals surface area contributed by atoms with Crippen LogP contribution in [0.15, 0.2) is 79.0 Å². The van der Waals surface area contributed by atoms with Gasteiger partial charge >= 0.3 is 0 Å². The number of carbonyl (C=O) groups excluding carboxylic acids is 2. The largest absolute Gasteiger partial charge is 0.368 e. The summed E-state index contributed by atoms with van der Waals surface area (Å²) in [4.78, 5) is 33.8. The second kappa shape index (κ2) is 9.27. The van der Waals surface area contributed by atoms with Gasteiger partial charge in [-0.2, -0.15) is 0 Å². The van der Waals surface area contributed by atoms with Gasteiger partial charge < -0.3 is 19.3 Å². The number of aromatic nitrogens is 1. The lowest BCUT2D eigenvalue weighted by Crippen LogP contribution is -2.53. The Bertz CT molecular complexity index is 1490. The fraction of sp³-hybridized carbons (Fsp3) is 0.267. The summed E-state index contributed by atoms with van der Waals surface area (Å²) in [6.07, 6.45) is 2.08. The standard InChI is InChI=1S/C30H29ClN4O2/c1-32-19-25(22-7-5-6-10-26(22)32)28-27(23-8-3-4-9-24(23)29(36)33(28)2)30(37)35-17-15-34(16-18-35)21-13-11-20(31)12-14-21/h3-14,19,27-28H,15-18H2,1-2H3/t27-,28-/m0/s1. The number of likely N-dealkylation sites (N-methyl/N-ethyl adjacent to an activating group) is 1. The maximum absolute atomic E-state index is 14.3. The number of anilines is 1. The summed E-state index contributed by atoms with van der Waals surface area (Å²) in [6.45, 7) is 2.74. The van der Waals surface area contributed by atoms with E-state index < -0.39 is 12.0 Å². The number of hydrogen-bond donors (Lipinski definition) is 0. The summed E-state index contributed by atoms with van der Waals surface area (Å²) in [7, 11) is 3.83. The molecule has 0 unspecified atom stereocenters. The van der Waals surface area contributed by atoms with Crippen LogP contribution in [-0.4, -0.2) is 59.4 Å². The van der Waals surface area contributed by atoms with Gasteiger partial charge in [0.25, 0.3) is 5.91 Å². The first kappa shape index (κ1) is 23.6. The zero-order valence-corrected chi connectivity index (χ0v) is 21.7. The quantitative estimate of drug-likeness (QED) is 0.384. The van der Waals surface area contributed by atoms with E-state index in [1.165, 1.54) is 0 Å². The van der Waals surface area contributed by atoms with Crippen molar-refractivity contribution in [3.05, 3.63) is 101 Å². The van der Waals surface area contributed by atoms with E-state index >= 15 is 0 Å². The van der Waals surface area contributed by atoms with Gasteiger partial charge in [-0.05, 0) is 42.0 Å². The first-order chi connectivity index (χ1) is 17.9. The molecule has 6 nitrogen and oxygen atoms in total. The second-order valence-electron chi connectivity index (χ2n) is 9.93. The number of halogens is 1. The molecule has 2 aliphatic heterocycles. The molecule has 188 valence electrons. The Kier molecular flexibility index (Phi) is 5.92. The highest BCUT2D eigenvalue weighted by molar-refractivity contribution is 6.30. The van der Waals surface area contributed by atoms with Gasteiger partial charge in [-0.1, -0.05) is 48.0 Å². The van der Waals surface area contributed by atoms with E-state index in [-0.39, 0.29) is 11.8 Å². The molecular weight excluding hydrogens is 484 g/mol. The van der Waals surface area contributed by atoms with E-state index in [1.807, 2.05) is 79.7 Å². The number of hydrogen-bond acceptors (Lipinski definition) is 3. The summed E-state index contributed by atoms with van der Waals surface area (Å²) < 4.78 is 2.08. The molecule has 2 aliphatic rings. The lowest BCUT2D eigenvalue weighted by molar-refractivity contribution is -0.134. The lowest BCUT2D eigenvalue weighted by atomic mass is 9.79. The van der Waals surface area contributed by atoms with Gasteiger partial charge in [-0.3, -0.25) is 9.59 Å². The Morgan fingerprint density at radius 1 is 0.838 bits per heavy atom. The molecule has 2 atom stereocenters. The molecule has 0 aliphatic carbocycles. The van der Waals surface area contributed by atoms with Gasteiger partial charge in [0.1, 0.15) is 0 Å². The molecule has 0 N–H and O–H groups in total. The zero-order chi connectivity index (χ0) is 25.7. The minimum atomic E-state index is -0.480. The van der Waals surface area contributed by atoms with E-state index in [4.69, 9.17) is 11.6 Å². The predicted octanol–water partition coefficient (Wildman–Crippen LogP) is 5.09. The fourth-order valence-electron chi connectivity index (χ4n) is 5.97. The SMILES string of the molecule is CN1C(=O)c2ccccc2[C@H](C(=O)N2CCN(c3ccc(Cl)cc3)CC2)[C@@H]1c1cn(C)c2ccccc12. The number of para-hydroxylation sites is 1. The first-order valence-electron chi connectivity index (χ1n) is 12.6. The molecule has 1 fully saturated rings. The van der Waals surface area contributed by atoms with Gasteiger partial charge in [0.2, 0.25) is 5.91 Å². The second-order valence-corrected chi connectivity index (χ2v) is 10.4. The predicted molar refractivity (Wildman–Crippen MR) is 147 cm³/mol. The number of carbonyl (C=O) groups is 2. The van der Waals surface area contributed by atoms with Crippen LogP contribution < -0.4 is 4.90 Å². The van der Waals surface area contributed by atoms with Crippen molar-refractivity contribution < 1.29 is 9.59 Å². The first-order valence-corrected chi connectivity index (χ1v) is 13.0. The molecule has 1 saturated heterocycles. The zero-order valence-electron chi connectivity index (χ0n) is 21.0. The molecule has 0 spiro atoms. The molecule has 4 aromatic rings. The monoisotopic (exact) mass is 512 g/mol. The lowest BCUT2D eigenvalue weighted by Gasteiger charge is -2.43. The molecule has 1 aromatic heterocycles. The number of nitrogens with zero attached hydrogens (tertiary/aromatic N) is 4. The van der Waals surface area contributed by atoms with Crippen molar-refractivity contribution in [3.63, 3.8) is 0 Å². The van der Waals surface area contributed by atoms with Crippen LogP contribution in [0.2, 0.25) is 5.02 Å². The third-order valence-corrected chi connectivity index (χ3v) is 8.13. The molecule has 0 radical (unpaired) electrons. The summed E-state index contributed by atoms with van der Waals surface area (Å²) in [5.41, 5.74) is 4.62. The van der Waals surface area contributed by atoms with E-state index in [0.717, 1.165) is 40.8 Å². The average Bonchev–Trinajstić information content (AvgIpc) is 3.27. The van der Waals surface area contributed by atoms with Crippen molar-refractivity contribution in [1.82, 2.24) is 14.4 Å². The Hall–Kier alpha value is -3.77. The van der Waals surface area contributed by atoms with Crippen molar-refractivity contribution in [2.45, 2.75) is 12.0 Å². The van der Waals surface area contributed by atoms with Crippen LogP contribution in [0.25, 0.3) is 10.9 Å². The van der Waals surface area contributed by atoms with Crippen LogP contribution in [0, 0.1) is 0 Å². The van der Waals surface area contributed by atoms with E-state index in [1.54, 1.807) is 4.90 Å². The Labute approximate surface area is 221 Å². The van der Waals surface area contributed by atoms with Gasteiger partial charge in [0, 0.05) is 79.2 Å². The number of fused-ring (bicyclic) bond motifs is 2. The van der Waals surface area contributed by atoms with Crippen molar-refractivity contribution in [2.24, 2.45) is 7.05 Å². The van der Waals surface area contributed by atoms with Gasteiger partial charge in [-0.25, -0.2) is 0 Å². The smallest absolute Gasteiger partial charge is 0.254 e. The van der Waals surface area contributed by atoms with Crippen molar-refractivity contribution in [2.75, 3.05) is 38.1 Å². The number of amides is 2. The molecule has 7 heteroatoms. The summed E-state index contributed by atoms with van der Waals surface area (Å²) in [5.74, 6) is -0.461. The maximum Gasteiger partial charge on any atom is 0.254 e. The molecule has 6 rings (SSSR count). The molecule has 2 amide bonds. The highest BCUT2D eigenvalue weighted by Gasteiger charge is 2.45. The minimum absolute atomic E-state index is 0.0508. The van der Waals surface area contributed by atoms with Crippen molar-refractivity contribution in [1.29, 1.82) is 0 Å². The van der Waals surface area contributed by atoms with Crippen molar-refractivity contribution in [3.8, 4) is 0 Å². The van der Waals surface area contributed by atoms with Gasteiger partial charge in [-0.15, -0.1) is 0 Å². The normalized spacial score (nSPS) is 19.9. The Morgan fingerprint density at radius 2 is 1.51 bits per heavy atom. The van der Waals surface area contributed by atoms with Crippen LogP contribution in [0.1, 0.15) is 33.4 Å². The van der Waals surface area contributed by atoms with Crippen LogP contribution in [0.4, 0.5) is 5.69 Å². The van der Waals surface area contributed by atoms with E-state index in [9.17, 15) is 9.59 Å². The molecule has 0 saturated carbocycles. The average molecular weight is 513 g/mol. The van der Waals surface area contributed by atoms with E-state index in [0.29, 0.717) is 23.7 Å². The molecular formula is C30H29ClN4O2. The van der Waals surface area contributed by atoms with Crippen LogP contribution in [-0.2, 0) is 11.8 Å². The fourth-order valence-corrected chi connectivity index (χ4v) is 6.10. The number of aryl methyl sites for hydroxylation is 1. The van der Waals surface area contributed by atoms with Crippen LogP contribution in [0.3, 0.4) is 0 Å². The highest BCUT2D eigenvalue weighted by atomic mass is 35.5. The molecule has 3 aromatic carbocycles. The van der Waals surface area contributed by atoms with Crippen molar-refractivity contribution >= 4 is 40.0 Å². The molecule has 0 bridgehead atoms. The van der Waals surface area contributed by atoms with Crippen LogP contribution >= 0.6 is 11.6 Å². The van der Waals surface area contributed by atoms with Gasteiger partial charge in [0.05, 0.1) is 12.0 Å². The Balaban J connectivity index is 1.37. The number of piperazine rings is 1. The van der Waals surface area contributed by atoms with Gasteiger partial charge in [0.15, 0.2) is 0 Å². The third kappa shape index (κ3) is 3.96. The summed E-state index contributed by atoms with van der Waals surface area (Å²) >= 11 is 6.07. The molecule has 3 heterocycles. The summed E-state index contributed by atoms with van der Waals surface area (Å²) in [6, 6.07) is 23.2. The van der Waals surface area contributed by atoms with E-state index in [2.05, 4.69) is 27.8 Å². The topological polar surface area (TPSA) is 48.8 Å². The molecule has 37 heavy (non-hydrogen) atoms. The van der Waals surface area contributed by atoms with Crippen LogP contribution in [0.5, 0.6) is 0 Å². The third-order valence-electron chi connectivity index (χ3n) is 7.88. The minimum Gasteiger partial charge on any atom is -0.368 e. The summed E-state index contributed by atoms with van der Waals surface area (Å²) in [5, 5.41) is 1.78. The number of rotatable bonds is 3.